The SMILES string of the molecule is O=C(Nc1nn(Cc2c(Cl)cccc2Cl)cc1Cl)c1ccc(-c2ccccc2)cc1. The van der Waals surface area contributed by atoms with Gasteiger partial charge in [0.25, 0.3) is 5.91 Å². The molecule has 1 aromatic heterocycles. The van der Waals surface area contributed by atoms with Gasteiger partial charge in [0, 0.05) is 27.4 Å². The van der Waals surface area contributed by atoms with Gasteiger partial charge in [-0.15, -0.1) is 0 Å². The molecule has 0 spiro atoms. The number of carbonyl (C=O) groups is 1. The van der Waals surface area contributed by atoms with Crippen LogP contribution in [0.4, 0.5) is 5.82 Å². The molecule has 0 saturated carbocycles. The van der Waals surface area contributed by atoms with Gasteiger partial charge in [-0.25, -0.2) is 0 Å². The lowest BCUT2D eigenvalue weighted by Crippen LogP contribution is -2.13. The number of aromatic nitrogens is 2. The molecule has 3 aromatic carbocycles. The van der Waals surface area contributed by atoms with Gasteiger partial charge in [-0.3, -0.25) is 9.48 Å². The first-order valence-corrected chi connectivity index (χ1v) is 10.3. The summed E-state index contributed by atoms with van der Waals surface area (Å²) in [5, 5.41) is 8.51. The molecule has 1 heterocycles. The highest BCUT2D eigenvalue weighted by atomic mass is 35.5. The van der Waals surface area contributed by atoms with Crippen LogP contribution < -0.4 is 5.32 Å². The summed E-state index contributed by atoms with van der Waals surface area (Å²) in [7, 11) is 0. The predicted octanol–water partition coefficient (Wildman–Crippen LogP) is 6.81. The highest BCUT2D eigenvalue weighted by Gasteiger charge is 2.14. The van der Waals surface area contributed by atoms with Crippen molar-refractivity contribution in [1.82, 2.24) is 9.78 Å². The summed E-state index contributed by atoms with van der Waals surface area (Å²) in [6, 6.07) is 22.6. The van der Waals surface area contributed by atoms with Crippen LogP contribution in [0.15, 0.2) is 79.0 Å². The molecule has 4 aromatic rings. The summed E-state index contributed by atoms with van der Waals surface area (Å²) in [5.41, 5.74) is 3.36. The van der Waals surface area contributed by atoms with Crippen molar-refractivity contribution in [3.63, 3.8) is 0 Å². The third-order valence-electron chi connectivity index (χ3n) is 4.58. The van der Waals surface area contributed by atoms with Crippen molar-refractivity contribution < 1.29 is 4.79 Å². The molecule has 0 saturated heterocycles. The Balaban J connectivity index is 1.49. The number of benzene rings is 3. The van der Waals surface area contributed by atoms with Crippen molar-refractivity contribution in [2.24, 2.45) is 0 Å². The summed E-state index contributed by atoms with van der Waals surface area (Å²) in [4.78, 5) is 12.6. The van der Waals surface area contributed by atoms with E-state index in [1.54, 1.807) is 41.2 Å². The largest absolute Gasteiger partial charge is 0.304 e. The van der Waals surface area contributed by atoms with Crippen LogP contribution in [0.1, 0.15) is 15.9 Å². The summed E-state index contributed by atoms with van der Waals surface area (Å²) in [6.07, 6.45) is 1.62. The lowest BCUT2D eigenvalue weighted by molar-refractivity contribution is 0.102. The quantitative estimate of drug-likeness (QED) is 0.358. The van der Waals surface area contributed by atoms with Gasteiger partial charge in [0.1, 0.15) is 5.02 Å². The summed E-state index contributed by atoms with van der Waals surface area (Å²) >= 11 is 18.7. The molecule has 4 rings (SSSR count). The van der Waals surface area contributed by atoms with Crippen LogP contribution in [-0.2, 0) is 6.54 Å². The molecule has 30 heavy (non-hydrogen) atoms. The third kappa shape index (κ3) is 4.51. The zero-order chi connectivity index (χ0) is 21.1. The average molecular weight is 457 g/mol. The number of nitrogens with one attached hydrogen (secondary N) is 1. The Morgan fingerprint density at radius 2 is 1.43 bits per heavy atom. The molecule has 7 heteroatoms. The minimum absolute atomic E-state index is 0.275. The van der Waals surface area contributed by atoms with Crippen LogP contribution in [0.5, 0.6) is 0 Å². The van der Waals surface area contributed by atoms with E-state index in [1.165, 1.54) is 0 Å². The molecule has 0 aliphatic carbocycles. The fraction of sp³-hybridized carbons (Fsp3) is 0.0435. The second-order valence-electron chi connectivity index (χ2n) is 6.62. The molecular weight excluding hydrogens is 441 g/mol. The lowest BCUT2D eigenvalue weighted by atomic mass is 10.0. The Labute approximate surface area is 189 Å². The normalized spacial score (nSPS) is 10.8. The van der Waals surface area contributed by atoms with E-state index in [4.69, 9.17) is 34.8 Å². The van der Waals surface area contributed by atoms with Gasteiger partial charge < -0.3 is 5.32 Å². The molecule has 0 aliphatic heterocycles. The Hall–Kier alpha value is -2.79. The van der Waals surface area contributed by atoms with E-state index in [0.29, 0.717) is 27.2 Å². The van der Waals surface area contributed by atoms with Crippen LogP contribution in [-0.4, -0.2) is 15.7 Å². The van der Waals surface area contributed by atoms with Gasteiger partial charge in [0.05, 0.1) is 6.54 Å². The summed E-state index contributed by atoms with van der Waals surface area (Å²) in [6.45, 7) is 0.333. The maximum atomic E-state index is 12.6. The molecular formula is C23H16Cl3N3O. The van der Waals surface area contributed by atoms with E-state index in [-0.39, 0.29) is 11.7 Å². The molecule has 1 amide bonds. The number of anilines is 1. The van der Waals surface area contributed by atoms with E-state index < -0.39 is 0 Å². The molecule has 4 nitrogen and oxygen atoms in total. The number of carbonyl (C=O) groups excluding carboxylic acids is 1. The standard InChI is InChI=1S/C23H16Cl3N3O/c24-19-7-4-8-20(25)18(19)13-29-14-21(26)22(28-29)27-23(30)17-11-9-16(10-12-17)15-5-2-1-3-6-15/h1-12,14H,13H2,(H,27,28,30). The first kappa shape index (κ1) is 20.5. The number of hydrogen-bond donors (Lipinski definition) is 1. The van der Waals surface area contributed by atoms with Crippen molar-refractivity contribution in [3.8, 4) is 11.1 Å². The highest BCUT2D eigenvalue weighted by Crippen LogP contribution is 2.27. The van der Waals surface area contributed by atoms with Crippen LogP contribution in [0.2, 0.25) is 15.1 Å². The molecule has 1 N–H and O–H groups in total. The molecule has 0 aliphatic rings. The molecule has 0 bridgehead atoms. The Bertz CT molecular complexity index is 1170. The minimum Gasteiger partial charge on any atom is -0.304 e. The number of amides is 1. The topological polar surface area (TPSA) is 46.9 Å². The predicted molar refractivity (Wildman–Crippen MR) is 123 cm³/mol. The van der Waals surface area contributed by atoms with Gasteiger partial charge in [-0.05, 0) is 35.4 Å². The van der Waals surface area contributed by atoms with Crippen molar-refractivity contribution >= 4 is 46.5 Å². The first-order chi connectivity index (χ1) is 14.5. The summed E-state index contributed by atoms with van der Waals surface area (Å²) < 4.78 is 1.59. The van der Waals surface area contributed by atoms with Gasteiger partial charge in [-0.1, -0.05) is 83.3 Å². The van der Waals surface area contributed by atoms with E-state index >= 15 is 0 Å². The van der Waals surface area contributed by atoms with Gasteiger partial charge in [0.2, 0.25) is 0 Å². The van der Waals surface area contributed by atoms with E-state index in [1.807, 2.05) is 42.5 Å². The van der Waals surface area contributed by atoms with Crippen molar-refractivity contribution in [1.29, 1.82) is 0 Å². The Kier molecular flexibility index (Phi) is 6.09. The van der Waals surface area contributed by atoms with Crippen molar-refractivity contribution in [2.75, 3.05) is 5.32 Å². The van der Waals surface area contributed by atoms with E-state index in [9.17, 15) is 4.79 Å². The smallest absolute Gasteiger partial charge is 0.256 e. The third-order valence-corrected chi connectivity index (χ3v) is 5.57. The lowest BCUT2D eigenvalue weighted by Gasteiger charge is -2.07. The van der Waals surface area contributed by atoms with Crippen LogP contribution in [0.25, 0.3) is 11.1 Å². The molecule has 0 radical (unpaired) electrons. The van der Waals surface area contributed by atoms with Gasteiger partial charge >= 0.3 is 0 Å². The highest BCUT2D eigenvalue weighted by molar-refractivity contribution is 6.36. The second-order valence-corrected chi connectivity index (χ2v) is 7.84. The van der Waals surface area contributed by atoms with E-state index in [0.717, 1.165) is 16.7 Å². The van der Waals surface area contributed by atoms with Crippen LogP contribution in [0, 0.1) is 0 Å². The monoisotopic (exact) mass is 455 g/mol. The zero-order valence-electron chi connectivity index (χ0n) is 15.6. The molecule has 150 valence electrons. The average Bonchev–Trinajstić information content (AvgIpc) is 3.10. The number of hydrogen-bond acceptors (Lipinski definition) is 2. The second kappa shape index (κ2) is 8.92. The zero-order valence-corrected chi connectivity index (χ0v) is 17.9. The maximum Gasteiger partial charge on any atom is 0.256 e. The number of halogens is 3. The molecule has 0 fully saturated rings. The Morgan fingerprint density at radius 3 is 2.10 bits per heavy atom. The maximum absolute atomic E-state index is 12.6. The summed E-state index contributed by atoms with van der Waals surface area (Å²) in [5.74, 6) is -0.0190. The Morgan fingerprint density at radius 1 is 0.800 bits per heavy atom. The van der Waals surface area contributed by atoms with Gasteiger partial charge in [0.15, 0.2) is 5.82 Å². The fourth-order valence-corrected chi connectivity index (χ4v) is 3.75. The number of rotatable bonds is 5. The van der Waals surface area contributed by atoms with Crippen LogP contribution in [0.3, 0.4) is 0 Å². The van der Waals surface area contributed by atoms with Crippen LogP contribution >= 0.6 is 34.8 Å². The van der Waals surface area contributed by atoms with Gasteiger partial charge in [-0.2, -0.15) is 5.10 Å². The first-order valence-electron chi connectivity index (χ1n) is 9.14. The minimum atomic E-state index is -0.294. The molecule has 0 unspecified atom stereocenters. The van der Waals surface area contributed by atoms with Crippen molar-refractivity contribution in [2.45, 2.75) is 6.54 Å². The fourth-order valence-electron chi connectivity index (χ4n) is 3.03. The molecule has 0 atom stereocenters. The van der Waals surface area contributed by atoms with Crippen molar-refractivity contribution in [3.05, 3.63) is 105 Å². The number of nitrogens with zero attached hydrogens (tertiary/aromatic N) is 2. The van der Waals surface area contributed by atoms with E-state index in [2.05, 4.69) is 10.4 Å².